The first-order valence-corrected chi connectivity index (χ1v) is 6.53. The van der Waals surface area contributed by atoms with Gasteiger partial charge in [0.25, 0.3) is 5.91 Å². The highest BCUT2D eigenvalue weighted by atomic mass is 16.3. The molecule has 0 bridgehead atoms. The second kappa shape index (κ2) is 5.62. The van der Waals surface area contributed by atoms with E-state index in [2.05, 4.69) is 15.4 Å². The standard InChI is InChI=1S/C15H14N4O2/c1-11(14-3-2-8-21-14)18-15(20)12-4-6-13(7-5-12)19-10-16-9-17-19/h2-11H,1H3,(H,18,20). The van der Waals surface area contributed by atoms with Gasteiger partial charge in [-0.1, -0.05) is 0 Å². The zero-order valence-corrected chi connectivity index (χ0v) is 11.4. The van der Waals surface area contributed by atoms with E-state index in [9.17, 15) is 4.79 Å². The molecule has 2 heterocycles. The first kappa shape index (κ1) is 13.1. The largest absolute Gasteiger partial charge is 0.467 e. The molecule has 0 radical (unpaired) electrons. The molecule has 1 N–H and O–H groups in total. The number of hydrogen-bond acceptors (Lipinski definition) is 4. The van der Waals surface area contributed by atoms with Crippen LogP contribution in [0, 0.1) is 0 Å². The van der Waals surface area contributed by atoms with Crippen molar-refractivity contribution < 1.29 is 9.21 Å². The lowest BCUT2D eigenvalue weighted by molar-refractivity contribution is 0.0935. The lowest BCUT2D eigenvalue weighted by Gasteiger charge is -2.11. The van der Waals surface area contributed by atoms with Crippen LogP contribution in [0.2, 0.25) is 0 Å². The summed E-state index contributed by atoms with van der Waals surface area (Å²) in [6, 6.07) is 10.6. The van der Waals surface area contributed by atoms with E-state index in [0.717, 1.165) is 11.4 Å². The summed E-state index contributed by atoms with van der Waals surface area (Å²) in [7, 11) is 0. The topological polar surface area (TPSA) is 73.0 Å². The van der Waals surface area contributed by atoms with E-state index in [-0.39, 0.29) is 11.9 Å². The van der Waals surface area contributed by atoms with Crippen molar-refractivity contribution in [1.29, 1.82) is 0 Å². The zero-order valence-electron chi connectivity index (χ0n) is 11.4. The number of aromatic nitrogens is 3. The van der Waals surface area contributed by atoms with Gasteiger partial charge < -0.3 is 9.73 Å². The van der Waals surface area contributed by atoms with E-state index in [1.54, 1.807) is 35.5 Å². The van der Waals surface area contributed by atoms with Gasteiger partial charge in [-0.2, -0.15) is 5.10 Å². The van der Waals surface area contributed by atoms with E-state index >= 15 is 0 Å². The van der Waals surface area contributed by atoms with Crippen LogP contribution in [0.25, 0.3) is 5.69 Å². The normalized spacial score (nSPS) is 12.0. The summed E-state index contributed by atoms with van der Waals surface area (Å²) in [6.07, 6.45) is 4.66. The zero-order chi connectivity index (χ0) is 14.7. The van der Waals surface area contributed by atoms with Crippen molar-refractivity contribution in [3.8, 4) is 5.69 Å². The minimum Gasteiger partial charge on any atom is -0.467 e. The summed E-state index contributed by atoms with van der Waals surface area (Å²) in [5.41, 5.74) is 1.43. The van der Waals surface area contributed by atoms with Crippen LogP contribution in [0.1, 0.15) is 29.1 Å². The minimum absolute atomic E-state index is 0.149. The molecule has 0 fully saturated rings. The Labute approximate surface area is 121 Å². The van der Waals surface area contributed by atoms with Crippen LogP contribution in [0.5, 0.6) is 0 Å². The molecule has 0 spiro atoms. The molecule has 2 aromatic heterocycles. The average molecular weight is 282 g/mol. The maximum absolute atomic E-state index is 12.2. The van der Waals surface area contributed by atoms with Crippen LogP contribution < -0.4 is 5.32 Å². The smallest absolute Gasteiger partial charge is 0.251 e. The minimum atomic E-state index is -0.178. The Kier molecular flexibility index (Phi) is 3.51. The maximum atomic E-state index is 12.2. The predicted octanol–water partition coefficient (Wildman–Crippen LogP) is 2.35. The van der Waals surface area contributed by atoms with E-state index in [4.69, 9.17) is 4.42 Å². The highest BCUT2D eigenvalue weighted by Crippen LogP contribution is 2.14. The second-order valence-electron chi connectivity index (χ2n) is 4.60. The molecule has 21 heavy (non-hydrogen) atoms. The van der Waals surface area contributed by atoms with Gasteiger partial charge in [-0.05, 0) is 43.3 Å². The van der Waals surface area contributed by atoms with Gasteiger partial charge in [0.2, 0.25) is 0 Å². The molecular weight excluding hydrogens is 268 g/mol. The van der Waals surface area contributed by atoms with Gasteiger partial charge in [0, 0.05) is 5.56 Å². The van der Waals surface area contributed by atoms with Crippen LogP contribution in [-0.4, -0.2) is 20.7 Å². The average Bonchev–Trinajstić information content (AvgIpc) is 3.20. The Morgan fingerprint density at radius 3 is 2.71 bits per heavy atom. The third-order valence-electron chi connectivity index (χ3n) is 3.13. The van der Waals surface area contributed by atoms with Crippen molar-refractivity contribution in [2.75, 3.05) is 0 Å². The Hall–Kier alpha value is -2.89. The van der Waals surface area contributed by atoms with Gasteiger partial charge in [0.1, 0.15) is 18.4 Å². The quantitative estimate of drug-likeness (QED) is 0.797. The second-order valence-corrected chi connectivity index (χ2v) is 4.60. The van der Waals surface area contributed by atoms with Crippen molar-refractivity contribution in [1.82, 2.24) is 20.1 Å². The fourth-order valence-electron chi connectivity index (χ4n) is 2.00. The number of furan rings is 1. The van der Waals surface area contributed by atoms with Crippen LogP contribution in [-0.2, 0) is 0 Å². The number of carbonyl (C=O) groups excluding carboxylic acids is 1. The molecule has 0 aliphatic rings. The molecule has 6 heteroatoms. The summed E-state index contributed by atoms with van der Waals surface area (Å²) >= 11 is 0. The molecule has 0 aliphatic heterocycles. The fourth-order valence-corrected chi connectivity index (χ4v) is 2.00. The molecule has 1 aromatic carbocycles. The number of amides is 1. The molecule has 106 valence electrons. The van der Waals surface area contributed by atoms with Crippen LogP contribution in [0.3, 0.4) is 0 Å². The Morgan fingerprint density at radius 1 is 1.29 bits per heavy atom. The maximum Gasteiger partial charge on any atom is 0.251 e. The Balaban J connectivity index is 1.70. The highest BCUT2D eigenvalue weighted by molar-refractivity contribution is 5.94. The molecule has 3 rings (SSSR count). The molecule has 1 atom stereocenters. The molecule has 6 nitrogen and oxygen atoms in total. The van der Waals surface area contributed by atoms with E-state index < -0.39 is 0 Å². The number of benzene rings is 1. The van der Waals surface area contributed by atoms with E-state index in [1.807, 2.05) is 25.1 Å². The summed E-state index contributed by atoms with van der Waals surface area (Å²) in [4.78, 5) is 16.0. The van der Waals surface area contributed by atoms with Gasteiger partial charge >= 0.3 is 0 Å². The lowest BCUT2D eigenvalue weighted by atomic mass is 10.1. The summed E-state index contributed by atoms with van der Waals surface area (Å²) in [5, 5.41) is 6.92. The highest BCUT2D eigenvalue weighted by Gasteiger charge is 2.13. The van der Waals surface area contributed by atoms with Crippen molar-refractivity contribution >= 4 is 5.91 Å². The Bertz CT molecular complexity index is 703. The van der Waals surface area contributed by atoms with E-state index in [1.165, 1.54) is 6.33 Å². The number of carbonyl (C=O) groups is 1. The van der Waals surface area contributed by atoms with Crippen molar-refractivity contribution in [3.63, 3.8) is 0 Å². The van der Waals surface area contributed by atoms with Gasteiger partial charge in [0.15, 0.2) is 0 Å². The van der Waals surface area contributed by atoms with Crippen LogP contribution >= 0.6 is 0 Å². The van der Waals surface area contributed by atoms with Gasteiger partial charge in [-0.15, -0.1) is 0 Å². The molecular formula is C15H14N4O2. The van der Waals surface area contributed by atoms with Gasteiger partial charge in [-0.3, -0.25) is 4.79 Å². The SMILES string of the molecule is CC(NC(=O)c1ccc(-n2cncn2)cc1)c1ccco1. The number of hydrogen-bond donors (Lipinski definition) is 1. The first-order chi connectivity index (χ1) is 10.2. The van der Waals surface area contributed by atoms with Crippen molar-refractivity contribution in [3.05, 3.63) is 66.6 Å². The molecule has 0 saturated heterocycles. The molecule has 1 unspecified atom stereocenters. The Morgan fingerprint density at radius 2 is 2.10 bits per heavy atom. The molecule has 0 aliphatic carbocycles. The van der Waals surface area contributed by atoms with E-state index in [0.29, 0.717) is 5.56 Å². The monoisotopic (exact) mass is 282 g/mol. The molecule has 0 saturated carbocycles. The summed E-state index contributed by atoms with van der Waals surface area (Å²) < 4.78 is 6.90. The molecule has 3 aromatic rings. The van der Waals surface area contributed by atoms with Gasteiger partial charge in [-0.25, -0.2) is 9.67 Å². The van der Waals surface area contributed by atoms with Crippen LogP contribution in [0.15, 0.2) is 59.7 Å². The molecule has 1 amide bonds. The fraction of sp³-hybridized carbons (Fsp3) is 0.133. The van der Waals surface area contributed by atoms with Crippen molar-refractivity contribution in [2.45, 2.75) is 13.0 Å². The third-order valence-corrected chi connectivity index (χ3v) is 3.13. The summed E-state index contributed by atoms with van der Waals surface area (Å²) in [6.45, 7) is 1.88. The van der Waals surface area contributed by atoms with Crippen LogP contribution in [0.4, 0.5) is 0 Å². The van der Waals surface area contributed by atoms with Crippen molar-refractivity contribution in [2.24, 2.45) is 0 Å². The number of rotatable bonds is 4. The van der Waals surface area contributed by atoms with Gasteiger partial charge in [0.05, 0.1) is 18.0 Å². The third kappa shape index (κ3) is 2.84. The summed E-state index contributed by atoms with van der Waals surface area (Å²) in [5.74, 6) is 0.576. The number of nitrogens with zero attached hydrogens (tertiary/aromatic N) is 3. The number of nitrogens with one attached hydrogen (secondary N) is 1. The predicted molar refractivity (Wildman–Crippen MR) is 75.9 cm³/mol. The first-order valence-electron chi connectivity index (χ1n) is 6.53. The lowest BCUT2D eigenvalue weighted by Crippen LogP contribution is -2.26.